The molecule has 1 aliphatic heterocycles. The topological polar surface area (TPSA) is 41.6 Å². The SMILES string of the molecule is CCO[C@@H]1C[C@H](N(C)C(=O)[C@H]2CC23CCNCC3)C1(C)C. The minimum absolute atomic E-state index is 0.0800. The second kappa shape index (κ2) is 5.24. The van der Waals surface area contributed by atoms with Crippen LogP contribution >= 0.6 is 0 Å². The average Bonchev–Trinajstić information content (AvgIpc) is 3.15. The van der Waals surface area contributed by atoms with E-state index in [1.54, 1.807) is 0 Å². The Balaban J connectivity index is 1.59. The molecule has 3 aliphatic rings. The highest BCUT2D eigenvalue weighted by Crippen LogP contribution is 2.59. The van der Waals surface area contributed by atoms with Crippen molar-refractivity contribution in [1.82, 2.24) is 10.2 Å². The fourth-order valence-corrected chi connectivity index (χ4v) is 4.58. The molecule has 0 bridgehead atoms. The zero-order chi connectivity index (χ0) is 15.3. The summed E-state index contributed by atoms with van der Waals surface area (Å²) in [6.07, 6.45) is 4.75. The molecule has 21 heavy (non-hydrogen) atoms. The van der Waals surface area contributed by atoms with Gasteiger partial charge in [-0.25, -0.2) is 0 Å². The van der Waals surface area contributed by atoms with Crippen molar-refractivity contribution in [1.29, 1.82) is 0 Å². The lowest BCUT2D eigenvalue weighted by atomic mass is 9.63. The summed E-state index contributed by atoms with van der Waals surface area (Å²) in [5, 5.41) is 3.41. The molecule has 3 atom stereocenters. The molecule has 1 heterocycles. The molecule has 1 saturated heterocycles. The van der Waals surface area contributed by atoms with Crippen molar-refractivity contribution >= 4 is 5.91 Å². The van der Waals surface area contributed by atoms with Gasteiger partial charge in [-0.1, -0.05) is 13.8 Å². The number of amides is 1. The first-order valence-electron chi connectivity index (χ1n) is 8.51. The van der Waals surface area contributed by atoms with Gasteiger partial charge in [0.15, 0.2) is 0 Å². The van der Waals surface area contributed by atoms with E-state index in [2.05, 4.69) is 19.2 Å². The molecule has 0 aromatic carbocycles. The predicted molar refractivity (Wildman–Crippen MR) is 83.0 cm³/mol. The highest BCUT2D eigenvalue weighted by Gasteiger charge is 2.60. The number of nitrogens with zero attached hydrogens (tertiary/aromatic N) is 1. The second-order valence-electron chi connectivity index (χ2n) is 7.84. The molecule has 120 valence electrons. The lowest BCUT2D eigenvalue weighted by Crippen LogP contribution is -2.62. The van der Waals surface area contributed by atoms with E-state index in [0.717, 1.165) is 32.5 Å². The van der Waals surface area contributed by atoms with Crippen molar-refractivity contribution < 1.29 is 9.53 Å². The van der Waals surface area contributed by atoms with Crippen molar-refractivity contribution in [3.63, 3.8) is 0 Å². The van der Waals surface area contributed by atoms with Crippen LogP contribution < -0.4 is 5.32 Å². The van der Waals surface area contributed by atoms with Crippen LogP contribution in [0, 0.1) is 16.7 Å². The second-order valence-corrected chi connectivity index (χ2v) is 7.84. The number of rotatable bonds is 4. The van der Waals surface area contributed by atoms with Crippen molar-refractivity contribution in [2.75, 3.05) is 26.7 Å². The van der Waals surface area contributed by atoms with Crippen LogP contribution in [0.5, 0.6) is 0 Å². The fraction of sp³-hybridized carbons (Fsp3) is 0.941. The summed E-state index contributed by atoms with van der Waals surface area (Å²) >= 11 is 0. The molecule has 3 rings (SSSR count). The summed E-state index contributed by atoms with van der Waals surface area (Å²) in [4.78, 5) is 14.9. The summed E-state index contributed by atoms with van der Waals surface area (Å²) in [6, 6.07) is 0.334. The molecule has 0 radical (unpaired) electrons. The van der Waals surface area contributed by atoms with E-state index in [0.29, 0.717) is 23.5 Å². The average molecular weight is 294 g/mol. The van der Waals surface area contributed by atoms with Crippen molar-refractivity contribution in [2.45, 2.75) is 58.6 Å². The third kappa shape index (κ3) is 2.40. The van der Waals surface area contributed by atoms with Crippen LogP contribution in [0.2, 0.25) is 0 Å². The summed E-state index contributed by atoms with van der Waals surface area (Å²) in [6.45, 7) is 9.43. The minimum Gasteiger partial charge on any atom is -0.378 e. The van der Waals surface area contributed by atoms with Gasteiger partial charge in [-0.05, 0) is 51.1 Å². The molecular weight excluding hydrogens is 264 g/mol. The van der Waals surface area contributed by atoms with Gasteiger partial charge in [-0.2, -0.15) is 0 Å². The first-order chi connectivity index (χ1) is 9.92. The van der Waals surface area contributed by atoms with E-state index in [9.17, 15) is 4.79 Å². The number of hydrogen-bond acceptors (Lipinski definition) is 3. The van der Waals surface area contributed by atoms with E-state index in [4.69, 9.17) is 4.74 Å². The van der Waals surface area contributed by atoms with Crippen LogP contribution in [0.4, 0.5) is 0 Å². The molecule has 1 N–H and O–H groups in total. The van der Waals surface area contributed by atoms with Crippen LogP contribution in [-0.2, 0) is 9.53 Å². The Hall–Kier alpha value is -0.610. The smallest absolute Gasteiger partial charge is 0.226 e. The highest BCUT2D eigenvalue weighted by atomic mass is 16.5. The largest absolute Gasteiger partial charge is 0.378 e. The summed E-state index contributed by atoms with van der Waals surface area (Å²) in [7, 11) is 2.00. The number of carbonyl (C=O) groups excluding carboxylic acids is 1. The normalized spacial score (nSPS) is 36.1. The van der Waals surface area contributed by atoms with Crippen molar-refractivity contribution in [3.05, 3.63) is 0 Å². The fourth-order valence-electron chi connectivity index (χ4n) is 4.58. The van der Waals surface area contributed by atoms with Gasteiger partial charge in [0, 0.05) is 31.0 Å². The molecule has 4 nitrogen and oxygen atoms in total. The van der Waals surface area contributed by atoms with E-state index >= 15 is 0 Å². The van der Waals surface area contributed by atoms with Crippen LogP contribution in [-0.4, -0.2) is 49.7 Å². The highest BCUT2D eigenvalue weighted by molar-refractivity contribution is 5.83. The molecule has 0 aromatic rings. The molecule has 2 saturated carbocycles. The molecule has 1 amide bonds. The maximum atomic E-state index is 12.8. The Kier molecular flexibility index (Phi) is 3.81. The molecule has 2 aliphatic carbocycles. The Morgan fingerprint density at radius 3 is 2.57 bits per heavy atom. The van der Waals surface area contributed by atoms with Gasteiger partial charge < -0.3 is 15.0 Å². The Morgan fingerprint density at radius 2 is 2.00 bits per heavy atom. The monoisotopic (exact) mass is 294 g/mol. The molecular formula is C17H30N2O2. The quantitative estimate of drug-likeness (QED) is 0.863. The Labute approximate surface area is 128 Å². The molecule has 3 fully saturated rings. The van der Waals surface area contributed by atoms with Gasteiger partial charge in [0.2, 0.25) is 5.91 Å². The number of nitrogens with one attached hydrogen (secondary N) is 1. The van der Waals surface area contributed by atoms with Crippen molar-refractivity contribution in [2.24, 2.45) is 16.7 Å². The van der Waals surface area contributed by atoms with E-state index in [1.807, 2.05) is 18.9 Å². The van der Waals surface area contributed by atoms with Gasteiger partial charge in [0.05, 0.1) is 6.10 Å². The van der Waals surface area contributed by atoms with Gasteiger partial charge in [0.1, 0.15) is 0 Å². The zero-order valence-corrected chi connectivity index (χ0v) is 13.9. The van der Waals surface area contributed by atoms with E-state index in [1.165, 1.54) is 12.8 Å². The van der Waals surface area contributed by atoms with E-state index in [-0.39, 0.29) is 11.3 Å². The van der Waals surface area contributed by atoms with Gasteiger partial charge in [-0.3, -0.25) is 4.79 Å². The number of piperidine rings is 1. The summed E-state index contributed by atoms with van der Waals surface area (Å²) in [5.41, 5.74) is 0.417. The van der Waals surface area contributed by atoms with Gasteiger partial charge in [0.25, 0.3) is 0 Å². The van der Waals surface area contributed by atoms with Crippen LogP contribution in [0.15, 0.2) is 0 Å². The van der Waals surface area contributed by atoms with Crippen LogP contribution in [0.1, 0.15) is 46.5 Å². The molecule has 1 spiro atoms. The predicted octanol–water partition coefficient (Wildman–Crippen LogP) is 2.04. The van der Waals surface area contributed by atoms with Gasteiger partial charge >= 0.3 is 0 Å². The molecule has 4 heteroatoms. The molecule has 0 aromatic heterocycles. The number of carbonyl (C=O) groups is 1. The Bertz CT molecular complexity index is 415. The first-order valence-corrected chi connectivity index (χ1v) is 8.51. The third-order valence-corrected chi connectivity index (χ3v) is 6.40. The number of hydrogen-bond donors (Lipinski definition) is 1. The summed E-state index contributed by atoms with van der Waals surface area (Å²) in [5.74, 6) is 0.663. The maximum absolute atomic E-state index is 12.8. The van der Waals surface area contributed by atoms with E-state index < -0.39 is 0 Å². The minimum atomic E-state index is 0.0800. The first kappa shape index (κ1) is 15.3. The van der Waals surface area contributed by atoms with Crippen LogP contribution in [0.25, 0.3) is 0 Å². The Morgan fingerprint density at radius 1 is 1.33 bits per heavy atom. The lowest BCUT2D eigenvalue weighted by Gasteiger charge is -2.55. The van der Waals surface area contributed by atoms with Crippen molar-refractivity contribution in [3.8, 4) is 0 Å². The van der Waals surface area contributed by atoms with Gasteiger partial charge in [-0.15, -0.1) is 0 Å². The summed E-state index contributed by atoms with van der Waals surface area (Å²) < 4.78 is 5.79. The molecule has 0 unspecified atom stereocenters. The maximum Gasteiger partial charge on any atom is 0.226 e. The van der Waals surface area contributed by atoms with Crippen LogP contribution in [0.3, 0.4) is 0 Å². The third-order valence-electron chi connectivity index (χ3n) is 6.40. The zero-order valence-electron chi connectivity index (χ0n) is 13.9. The lowest BCUT2D eigenvalue weighted by molar-refractivity contribution is -0.165. The standard InChI is InChI=1S/C17H30N2O2/c1-5-21-14-10-13(16(14,2)3)19(4)15(20)12-11-17(12)6-8-18-9-7-17/h12-14,18H,5-11H2,1-4H3/t12-,13+,14-/m1/s1. The number of ether oxygens (including phenoxy) is 1.